The van der Waals surface area contributed by atoms with Crippen molar-refractivity contribution in [1.82, 2.24) is 5.32 Å². The molecule has 0 aliphatic rings. The van der Waals surface area contributed by atoms with Crippen LogP contribution in [0.5, 0.6) is 17.2 Å². The normalized spacial score (nSPS) is 10.2. The first-order chi connectivity index (χ1) is 13.9. The summed E-state index contributed by atoms with van der Waals surface area (Å²) < 4.78 is 18.1. The monoisotopic (exact) mass is 528 g/mol. The molecule has 8 heteroatoms. The van der Waals surface area contributed by atoms with Crippen molar-refractivity contribution in [2.45, 2.75) is 27.7 Å². The van der Waals surface area contributed by atoms with Crippen molar-refractivity contribution in [2.75, 3.05) is 25.1 Å². The number of benzene rings is 2. The van der Waals surface area contributed by atoms with Crippen molar-refractivity contribution in [3.8, 4) is 17.2 Å². The number of carbonyl (C=O) groups is 1. The van der Waals surface area contributed by atoms with E-state index in [4.69, 9.17) is 26.4 Å². The van der Waals surface area contributed by atoms with Crippen LogP contribution >= 0.6 is 34.8 Å². The number of aryl methyl sites for hydroxylation is 1. The number of hydrogen-bond donors (Lipinski definition) is 2. The number of nitrogens with one attached hydrogen (secondary N) is 2. The minimum Gasteiger partial charge on any atom is -0.490 e. The maximum atomic E-state index is 12.8. The summed E-state index contributed by atoms with van der Waals surface area (Å²) in [5, 5.41) is 5.97. The van der Waals surface area contributed by atoms with Crippen LogP contribution in [0.15, 0.2) is 30.3 Å². The van der Waals surface area contributed by atoms with Gasteiger partial charge in [0.05, 0.1) is 19.8 Å². The second kappa shape index (κ2) is 11.2. The van der Waals surface area contributed by atoms with Gasteiger partial charge < -0.3 is 19.5 Å². The smallest absolute Gasteiger partial charge is 0.257 e. The highest BCUT2D eigenvalue weighted by Gasteiger charge is 2.19. The number of halogens is 1. The van der Waals surface area contributed by atoms with Crippen molar-refractivity contribution in [2.24, 2.45) is 0 Å². The third-order valence-electron chi connectivity index (χ3n) is 3.84. The molecule has 6 nitrogen and oxygen atoms in total. The first-order valence-electron chi connectivity index (χ1n) is 9.34. The lowest BCUT2D eigenvalue weighted by Crippen LogP contribution is -2.34. The van der Waals surface area contributed by atoms with Gasteiger partial charge in [-0.3, -0.25) is 10.1 Å². The predicted octanol–water partition coefficient (Wildman–Crippen LogP) is 4.92. The van der Waals surface area contributed by atoms with E-state index in [0.717, 1.165) is 14.8 Å². The number of rotatable bonds is 8. The lowest BCUT2D eigenvalue weighted by atomic mass is 10.1. The second-order valence-electron chi connectivity index (χ2n) is 5.97. The first-order valence-corrected chi connectivity index (χ1v) is 10.8. The van der Waals surface area contributed by atoms with Gasteiger partial charge in [0.1, 0.15) is 0 Å². The van der Waals surface area contributed by atoms with Gasteiger partial charge in [0.25, 0.3) is 5.91 Å². The fourth-order valence-corrected chi connectivity index (χ4v) is 3.47. The van der Waals surface area contributed by atoms with Crippen LogP contribution in [0.25, 0.3) is 0 Å². The van der Waals surface area contributed by atoms with Crippen molar-refractivity contribution >= 4 is 51.5 Å². The molecule has 2 aromatic rings. The Morgan fingerprint density at radius 3 is 2.10 bits per heavy atom. The first kappa shape index (κ1) is 23.2. The summed E-state index contributed by atoms with van der Waals surface area (Å²) in [6, 6.07) is 9.18. The molecule has 0 heterocycles. The third-order valence-corrected chi connectivity index (χ3v) is 4.71. The van der Waals surface area contributed by atoms with Gasteiger partial charge in [0.15, 0.2) is 16.6 Å². The van der Waals surface area contributed by atoms with E-state index >= 15 is 0 Å². The summed E-state index contributed by atoms with van der Waals surface area (Å²) in [5.74, 6) is 1.04. The van der Waals surface area contributed by atoms with Crippen molar-refractivity contribution < 1.29 is 19.0 Å². The zero-order valence-corrected chi connectivity index (χ0v) is 19.9. The molecule has 0 fully saturated rings. The second-order valence-corrected chi connectivity index (χ2v) is 7.62. The fourth-order valence-electron chi connectivity index (χ4n) is 2.62. The molecule has 156 valence electrons. The Morgan fingerprint density at radius 2 is 1.59 bits per heavy atom. The number of amides is 1. The van der Waals surface area contributed by atoms with Gasteiger partial charge in [-0.15, -0.1) is 0 Å². The average Bonchev–Trinajstić information content (AvgIpc) is 2.66. The minimum atomic E-state index is -0.365. The Morgan fingerprint density at radius 1 is 1.00 bits per heavy atom. The molecule has 1 amide bonds. The fraction of sp³-hybridized carbons (Fsp3) is 0.333. The molecular formula is C21H25IN2O4S. The topological polar surface area (TPSA) is 68.8 Å². The Bertz CT molecular complexity index is 862. The highest BCUT2D eigenvalue weighted by molar-refractivity contribution is 14.1. The molecule has 2 rings (SSSR count). The van der Waals surface area contributed by atoms with Gasteiger partial charge in [-0.25, -0.2) is 0 Å². The van der Waals surface area contributed by atoms with Gasteiger partial charge in [0, 0.05) is 14.8 Å². The molecule has 2 N–H and O–H groups in total. The van der Waals surface area contributed by atoms with Gasteiger partial charge in [-0.1, -0.05) is 0 Å². The summed E-state index contributed by atoms with van der Waals surface area (Å²) in [5.41, 5.74) is 2.24. The van der Waals surface area contributed by atoms with E-state index in [0.29, 0.717) is 42.6 Å². The molecule has 2 aromatic carbocycles. The van der Waals surface area contributed by atoms with E-state index in [1.807, 2.05) is 45.9 Å². The molecule has 0 aliphatic heterocycles. The van der Waals surface area contributed by atoms with Crippen LogP contribution in [-0.4, -0.2) is 30.8 Å². The van der Waals surface area contributed by atoms with Crippen molar-refractivity contribution in [3.05, 3.63) is 45.0 Å². The van der Waals surface area contributed by atoms with Crippen LogP contribution in [0.2, 0.25) is 0 Å². The largest absolute Gasteiger partial charge is 0.490 e. The van der Waals surface area contributed by atoms with E-state index in [9.17, 15) is 4.79 Å². The molecule has 0 spiro atoms. The predicted molar refractivity (Wildman–Crippen MR) is 128 cm³/mol. The molecule has 0 aliphatic carbocycles. The molecule has 0 bridgehead atoms. The summed E-state index contributed by atoms with van der Waals surface area (Å²) in [6.07, 6.45) is 0. The zero-order chi connectivity index (χ0) is 21.4. The van der Waals surface area contributed by atoms with Gasteiger partial charge in [0.2, 0.25) is 5.75 Å². The molecule has 0 saturated carbocycles. The average molecular weight is 528 g/mol. The number of hydrogen-bond acceptors (Lipinski definition) is 5. The Hall–Kier alpha value is -2.07. The van der Waals surface area contributed by atoms with Crippen molar-refractivity contribution in [3.63, 3.8) is 0 Å². The molecule has 29 heavy (non-hydrogen) atoms. The van der Waals surface area contributed by atoms with Crippen LogP contribution in [-0.2, 0) is 0 Å². The van der Waals surface area contributed by atoms with Crippen LogP contribution in [0.3, 0.4) is 0 Å². The van der Waals surface area contributed by atoms with Gasteiger partial charge >= 0.3 is 0 Å². The Kier molecular flexibility index (Phi) is 8.97. The number of thiocarbonyl (C=S) groups is 1. The molecule has 0 unspecified atom stereocenters. The minimum absolute atomic E-state index is 0.212. The number of carbonyl (C=O) groups excluding carboxylic acids is 1. The lowest BCUT2D eigenvalue weighted by molar-refractivity contribution is 0.0976. The Balaban J connectivity index is 2.23. The highest BCUT2D eigenvalue weighted by Crippen LogP contribution is 2.39. The molecular weight excluding hydrogens is 503 g/mol. The molecule has 0 atom stereocenters. The van der Waals surface area contributed by atoms with Gasteiger partial charge in [-0.05, 0) is 98.4 Å². The van der Waals surface area contributed by atoms with Crippen LogP contribution in [0, 0.1) is 10.5 Å². The van der Waals surface area contributed by atoms with E-state index in [2.05, 4.69) is 33.2 Å². The quantitative estimate of drug-likeness (QED) is 0.375. The maximum Gasteiger partial charge on any atom is 0.257 e. The third kappa shape index (κ3) is 6.46. The van der Waals surface area contributed by atoms with E-state index < -0.39 is 0 Å². The Labute approximate surface area is 190 Å². The summed E-state index contributed by atoms with van der Waals surface area (Å²) >= 11 is 7.56. The van der Waals surface area contributed by atoms with Crippen LogP contribution in [0.4, 0.5) is 5.69 Å². The summed E-state index contributed by atoms with van der Waals surface area (Å²) in [6.45, 7) is 8.91. The van der Waals surface area contributed by atoms with Gasteiger partial charge in [-0.2, -0.15) is 0 Å². The highest BCUT2D eigenvalue weighted by atomic mass is 127. The molecule has 0 saturated heterocycles. The van der Waals surface area contributed by atoms with Crippen LogP contribution < -0.4 is 24.8 Å². The van der Waals surface area contributed by atoms with E-state index in [-0.39, 0.29) is 11.0 Å². The molecule has 0 radical (unpaired) electrons. The maximum absolute atomic E-state index is 12.8. The summed E-state index contributed by atoms with van der Waals surface area (Å²) in [7, 11) is 0. The van der Waals surface area contributed by atoms with E-state index in [1.165, 1.54) is 0 Å². The molecule has 0 aromatic heterocycles. The van der Waals surface area contributed by atoms with Crippen LogP contribution in [0.1, 0.15) is 36.7 Å². The summed E-state index contributed by atoms with van der Waals surface area (Å²) in [4.78, 5) is 12.8. The number of ether oxygens (including phenoxy) is 3. The lowest BCUT2D eigenvalue weighted by Gasteiger charge is -2.17. The van der Waals surface area contributed by atoms with Crippen molar-refractivity contribution in [1.29, 1.82) is 0 Å². The SMILES string of the molecule is CCOc1cc(C(=O)NC(=S)Nc2ccc(I)cc2C)cc(OCC)c1OCC. The number of anilines is 1. The van der Waals surface area contributed by atoms with E-state index in [1.54, 1.807) is 12.1 Å². The standard InChI is InChI=1S/C21H25IN2O4S/c1-5-26-17-11-14(12-18(27-6-2)19(17)28-7-3)20(25)24-21(29)23-16-9-8-15(22)10-13(16)4/h8-12H,5-7H2,1-4H3,(H2,23,24,25,29). The zero-order valence-electron chi connectivity index (χ0n) is 16.9.